The fourth-order valence-corrected chi connectivity index (χ4v) is 2.65. The van der Waals surface area contributed by atoms with E-state index in [9.17, 15) is 0 Å². The number of aromatic nitrogens is 4. The number of hydrogen-bond donors (Lipinski definition) is 1. The number of nitrogens with one attached hydrogen (secondary N) is 1. The average molecular weight is 360 g/mol. The Labute approximate surface area is 158 Å². The highest BCUT2D eigenvalue weighted by Crippen LogP contribution is 2.27. The molecule has 0 aliphatic carbocycles. The second-order valence-electron chi connectivity index (χ2n) is 6.18. The fourth-order valence-electron chi connectivity index (χ4n) is 2.65. The topological polar surface area (TPSA) is 96.6 Å². The molecule has 0 aliphatic rings. The SMILES string of the molecule is COc1cc(C#N)ncc1C(C)CNc1cc(-c2ccc(C)nc2)ncn1. The standard InChI is InChI=1S/C20H20N6O/c1-13(17-11-23-16(8-21)6-19(17)27-3)9-24-20-7-18(25-12-26-20)15-5-4-14(2)22-10-15/h4-7,10-13H,9H2,1-3H3,(H,24,25,26). The van der Waals surface area contributed by atoms with Crippen LogP contribution < -0.4 is 10.1 Å². The number of nitrogens with zero attached hydrogens (tertiary/aromatic N) is 5. The third kappa shape index (κ3) is 4.36. The Morgan fingerprint density at radius 1 is 1.15 bits per heavy atom. The summed E-state index contributed by atoms with van der Waals surface area (Å²) in [7, 11) is 1.59. The minimum atomic E-state index is 0.111. The first kappa shape index (κ1) is 18.3. The van der Waals surface area contributed by atoms with Gasteiger partial charge in [-0.05, 0) is 19.1 Å². The third-order valence-electron chi connectivity index (χ3n) is 4.22. The van der Waals surface area contributed by atoms with E-state index in [2.05, 4.69) is 32.2 Å². The number of ether oxygens (including phenoxy) is 1. The molecule has 0 saturated heterocycles. The van der Waals surface area contributed by atoms with Crippen LogP contribution in [-0.2, 0) is 0 Å². The van der Waals surface area contributed by atoms with Gasteiger partial charge >= 0.3 is 0 Å². The van der Waals surface area contributed by atoms with Crippen LogP contribution in [0.25, 0.3) is 11.3 Å². The van der Waals surface area contributed by atoms with Crippen molar-refractivity contribution in [1.82, 2.24) is 19.9 Å². The second-order valence-corrected chi connectivity index (χ2v) is 6.18. The zero-order chi connectivity index (χ0) is 19.2. The third-order valence-corrected chi connectivity index (χ3v) is 4.22. The summed E-state index contributed by atoms with van der Waals surface area (Å²) < 4.78 is 5.40. The van der Waals surface area contributed by atoms with Crippen molar-refractivity contribution in [2.45, 2.75) is 19.8 Å². The van der Waals surface area contributed by atoms with E-state index < -0.39 is 0 Å². The van der Waals surface area contributed by atoms with Crippen molar-refractivity contribution < 1.29 is 4.74 Å². The summed E-state index contributed by atoms with van der Waals surface area (Å²) in [5.41, 5.74) is 3.98. The maximum atomic E-state index is 8.98. The van der Waals surface area contributed by atoms with Crippen LogP contribution in [-0.4, -0.2) is 33.6 Å². The summed E-state index contributed by atoms with van der Waals surface area (Å²) in [4.78, 5) is 17.1. The fraction of sp³-hybridized carbons (Fsp3) is 0.250. The highest BCUT2D eigenvalue weighted by atomic mass is 16.5. The molecule has 1 N–H and O–H groups in total. The quantitative estimate of drug-likeness (QED) is 0.720. The van der Waals surface area contributed by atoms with Crippen molar-refractivity contribution in [1.29, 1.82) is 5.26 Å². The van der Waals surface area contributed by atoms with Crippen LogP contribution in [0.3, 0.4) is 0 Å². The Bertz CT molecular complexity index is 965. The van der Waals surface area contributed by atoms with Gasteiger partial charge in [-0.15, -0.1) is 0 Å². The molecule has 0 aromatic carbocycles. The summed E-state index contributed by atoms with van der Waals surface area (Å²) in [6, 6.07) is 9.52. The lowest BCUT2D eigenvalue weighted by Crippen LogP contribution is -2.12. The number of hydrogen-bond acceptors (Lipinski definition) is 7. The van der Waals surface area contributed by atoms with Crippen LogP contribution in [0.15, 0.2) is 43.0 Å². The van der Waals surface area contributed by atoms with Gasteiger partial charge in [0.15, 0.2) is 0 Å². The molecule has 3 rings (SSSR count). The van der Waals surface area contributed by atoms with Gasteiger partial charge in [-0.2, -0.15) is 5.26 Å². The van der Waals surface area contributed by atoms with Crippen molar-refractivity contribution >= 4 is 5.82 Å². The molecule has 0 amide bonds. The van der Waals surface area contributed by atoms with Crippen LogP contribution in [0, 0.1) is 18.3 Å². The maximum Gasteiger partial charge on any atom is 0.144 e. The minimum absolute atomic E-state index is 0.111. The number of anilines is 1. The van der Waals surface area contributed by atoms with Crippen LogP contribution in [0.1, 0.15) is 29.8 Å². The first-order chi connectivity index (χ1) is 13.1. The molecule has 136 valence electrons. The van der Waals surface area contributed by atoms with Gasteiger partial charge < -0.3 is 10.1 Å². The predicted octanol–water partition coefficient (Wildman–Crippen LogP) is 3.34. The zero-order valence-corrected chi connectivity index (χ0v) is 15.5. The van der Waals surface area contributed by atoms with Gasteiger partial charge in [0.25, 0.3) is 0 Å². The molecule has 0 spiro atoms. The van der Waals surface area contributed by atoms with E-state index in [0.717, 1.165) is 28.3 Å². The Morgan fingerprint density at radius 3 is 2.70 bits per heavy atom. The molecule has 7 nitrogen and oxygen atoms in total. The highest BCUT2D eigenvalue weighted by Gasteiger charge is 2.14. The Hall–Kier alpha value is -3.53. The zero-order valence-electron chi connectivity index (χ0n) is 15.5. The molecule has 0 radical (unpaired) electrons. The molecular weight excluding hydrogens is 340 g/mol. The Morgan fingerprint density at radius 2 is 2.00 bits per heavy atom. The lowest BCUT2D eigenvalue weighted by molar-refractivity contribution is 0.406. The molecule has 0 saturated carbocycles. The molecule has 0 aliphatic heterocycles. The molecule has 1 unspecified atom stereocenters. The van der Waals surface area contributed by atoms with Crippen molar-refractivity contribution in [3.8, 4) is 23.1 Å². The Kier molecular flexibility index (Phi) is 5.57. The van der Waals surface area contributed by atoms with Crippen molar-refractivity contribution in [2.24, 2.45) is 0 Å². The molecule has 3 heterocycles. The van der Waals surface area contributed by atoms with Gasteiger partial charge in [-0.1, -0.05) is 6.92 Å². The van der Waals surface area contributed by atoms with Crippen LogP contribution in [0.5, 0.6) is 5.75 Å². The normalized spacial score (nSPS) is 11.5. The highest BCUT2D eigenvalue weighted by molar-refractivity contribution is 5.61. The maximum absolute atomic E-state index is 8.98. The van der Waals surface area contributed by atoms with E-state index in [1.165, 1.54) is 6.33 Å². The van der Waals surface area contributed by atoms with E-state index in [0.29, 0.717) is 18.0 Å². The summed E-state index contributed by atoms with van der Waals surface area (Å²) in [6.07, 6.45) is 5.02. The van der Waals surface area contributed by atoms with Crippen LogP contribution in [0.2, 0.25) is 0 Å². The number of aryl methyl sites for hydroxylation is 1. The van der Waals surface area contributed by atoms with Crippen LogP contribution >= 0.6 is 0 Å². The molecule has 7 heteroatoms. The summed E-state index contributed by atoms with van der Waals surface area (Å²) in [6.45, 7) is 4.64. The van der Waals surface area contributed by atoms with E-state index >= 15 is 0 Å². The Balaban J connectivity index is 1.72. The first-order valence-electron chi connectivity index (χ1n) is 8.53. The average Bonchev–Trinajstić information content (AvgIpc) is 2.72. The molecular formula is C20H20N6O. The van der Waals surface area contributed by atoms with Crippen molar-refractivity contribution in [3.05, 3.63) is 59.9 Å². The largest absolute Gasteiger partial charge is 0.496 e. The monoisotopic (exact) mass is 360 g/mol. The molecule has 3 aromatic heterocycles. The number of methoxy groups -OCH3 is 1. The summed E-state index contributed by atoms with van der Waals surface area (Å²) in [5, 5.41) is 12.3. The second kappa shape index (κ2) is 8.23. The number of rotatable bonds is 6. The van der Waals surface area contributed by atoms with Gasteiger partial charge in [0, 0.05) is 53.8 Å². The summed E-state index contributed by atoms with van der Waals surface area (Å²) >= 11 is 0. The van der Waals surface area contributed by atoms with E-state index in [1.54, 1.807) is 25.6 Å². The van der Waals surface area contributed by atoms with E-state index in [1.807, 2.05) is 31.2 Å². The first-order valence-corrected chi connectivity index (χ1v) is 8.53. The van der Waals surface area contributed by atoms with Crippen molar-refractivity contribution in [3.63, 3.8) is 0 Å². The van der Waals surface area contributed by atoms with E-state index in [4.69, 9.17) is 10.00 Å². The van der Waals surface area contributed by atoms with Gasteiger partial charge in [0.1, 0.15) is 29.7 Å². The van der Waals surface area contributed by atoms with E-state index in [-0.39, 0.29) is 5.92 Å². The molecule has 3 aromatic rings. The smallest absolute Gasteiger partial charge is 0.144 e. The van der Waals surface area contributed by atoms with Gasteiger partial charge in [-0.25, -0.2) is 15.0 Å². The van der Waals surface area contributed by atoms with Crippen LogP contribution in [0.4, 0.5) is 5.82 Å². The lowest BCUT2D eigenvalue weighted by atomic mass is 10.0. The number of nitriles is 1. The van der Waals surface area contributed by atoms with Gasteiger partial charge in [-0.3, -0.25) is 4.98 Å². The number of pyridine rings is 2. The summed E-state index contributed by atoms with van der Waals surface area (Å²) in [5.74, 6) is 1.50. The predicted molar refractivity (Wildman–Crippen MR) is 102 cm³/mol. The molecule has 0 fully saturated rings. The van der Waals surface area contributed by atoms with Gasteiger partial charge in [0.2, 0.25) is 0 Å². The minimum Gasteiger partial charge on any atom is -0.496 e. The van der Waals surface area contributed by atoms with Gasteiger partial charge in [0.05, 0.1) is 12.8 Å². The molecule has 27 heavy (non-hydrogen) atoms. The molecule has 1 atom stereocenters. The van der Waals surface area contributed by atoms with Crippen molar-refractivity contribution in [2.75, 3.05) is 19.0 Å². The lowest BCUT2D eigenvalue weighted by Gasteiger charge is -2.16. The molecule has 0 bridgehead atoms.